The van der Waals surface area contributed by atoms with Gasteiger partial charge in [0.25, 0.3) is 0 Å². The lowest BCUT2D eigenvalue weighted by Crippen LogP contribution is -2.25. The van der Waals surface area contributed by atoms with Crippen LogP contribution in [0.3, 0.4) is 0 Å². The van der Waals surface area contributed by atoms with Gasteiger partial charge in [0.1, 0.15) is 11.6 Å². The van der Waals surface area contributed by atoms with Crippen LogP contribution in [-0.2, 0) is 14.9 Å². The summed E-state index contributed by atoms with van der Waals surface area (Å²) in [7, 11) is 0. The number of benzene rings is 1. The Morgan fingerprint density at radius 1 is 1.12 bits per heavy atom. The first-order valence-corrected chi connectivity index (χ1v) is 12.3. The molecule has 0 atom stereocenters. The van der Waals surface area contributed by atoms with Crippen molar-refractivity contribution in [3.8, 4) is 5.75 Å². The highest BCUT2D eigenvalue weighted by molar-refractivity contribution is 5.84. The quantitative estimate of drug-likeness (QED) is 0.218. The van der Waals surface area contributed by atoms with E-state index in [9.17, 15) is 4.79 Å². The lowest BCUT2D eigenvalue weighted by atomic mass is 9.67. The van der Waals surface area contributed by atoms with Crippen molar-refractivity contribution in [2.24, 2.45) is 5.41 Å². The molecule has 0 fully saturated rings. The lowest BCUT2D eigenvalue weighted by molar-refractivity contribution is -0.137. The maximum Gasteiger partial charge on any atom is 0.330 e. The van der Waals surface area contributed by atoms with Gasteiger partial charge in [0.2, 0.25) is 0 Å². The number of hydrogen-bond acceptors (Lipinski definition) is 3. The van der Waals surface area contributed by atoms with E-state index in [4.69, 9.17) is 9.47 Å². The van der Waals surface area contributed by atoms with Gasteiger partial charge in [-0.05, 0) is 90.5 Å². The first-order chi connectivity index (χ1) is 15.8. The van der Waals surface area contributed by atoms with Crippen LogP contribution in [0.5, 0.6) is 5.75 Å². The fourth-order valence-electron chi connectivity index (χ4n) is 4.37. The van der Waals surface area contributed by atoms with E-state index in [1.807, 2.05) is 13.8 Å². The Balaban J connectivity index is 2.67. The minimum absolute atomic E-state index is 0.0286. The van der Waals surface area contributed by atoms with Crippen molar-refractivity contribution >= 4 is 17.1 Å². The number of ether oxygens (including phenoxy) is 2. The van der Waals surface area contributed by atoms with Crippen molar-refractivity contribution in [2.75, 3.05) is 13.2 Å². The molecule has 4 heteroatoms. The third kappa shape index (κ3) is 6.49. The summed E-state index contributed by atoms with van der Waals surface area (Å²) in [6.07, 6.45) is 8.19. The predicted molar refractivity (Wildman–Crippen MR) is 141 cm³/mol. The van der Waals surface area contributed by atoms with Gasteiger partial charge in [-0.2, -0.15) is 0 Å². The molecule has 0 radical (unpaired) electrons. The van der Waals surface area contributed by atoms with Gasteiger partial charge in [0.15, 0.2) is 0 Å². The van der Waals surface area contributed by atoms with Crippen molar-refractivity contribution in [1.82, 2.24) is 0 Å². The van der Waals surface area contributed by atoms with Crippen molar-refractivity contribution in [3.63, 3.8) is 0 Å². The topological polar surface area (TPSA) is 35.5 Å². The number of rotatable bonds is 8. The summed E-state index contributed by atoms with van der Waals surface area (Å²) in [5.74, 6) is -0.0535. The minimum Gasteiger partial charge on any atom is -0.493 e. The average Bonchev–Trinajstić information content (AvgIpc) is 2.73. The molecule has 0 heterocycles. The number of allylic oxidation sites excluding steroid dienone is 7. The molecular weight excluding hydrogens is 427 g/mol. The molecule has 0 amide bonds. The van der Waals surface area contributed by atoms with E-state index in [1.54, 1.807) is 19.9 Å². The molecule has 0 aliphatic heterocycles. The molecule has 0 spiro atoms. The molecule has 34 heavy (non-hydrogen) atoms. The lowest BCUT2D eigenvalue weighted by Gasteiger charge is -2.37. The van der Waals surface area contributed by atoms with Gasteiger partial charge >= 0.3 is 5.97 Å². The third-order valence-corrected chi connectivity index (χ3v) is 6.16. The van der Waals surface area contributed by atoms with Crippen LogP contribution >= 0.6 is 0 Å². The summed E-state index contributed by atoms with van der Waals surface area (Å²) in [5.41, 5.74) is 5.63. The van der Waals surface area contributed by atoms with Gasteiger partial charge < -0.3 is 9.47 Å². The molecule has 186 valence electrons. The zero-order valence-corrected chi connectivity index (χ0v) is 22.4. The van der Waals surface area contributed by atoms with E-state index >= 15 is 4.39 Å². The number of fused-ring (bicyclic) bond motifs is 1. The van der Waals surface area contributed by atoms with E-state index in [1.165, 1.54) is 28.9 Å². The van der Waals surface area contributed by atoms with Gasteiger partial charge in [-0.1, -0.05) is 53.7 Å². The molecule has 1 aromatic carbocycles. The van der Waals surface area contributed by atoms with Crippen LogP contribution in [0.15, 0.2) is 47.8 Å². The molecule has 1 aromatic rings. The Hall–Kier alpha value is -2.62. The predicted octanol–water partition coefficient (Wildman–Crippen LogP) is 8.35. The summed E-state index contributed by atoms with van der Waals surface area (Å²) in [6.45, 7) is 19.4. The summed E-state index contributed by atoms with van der Waals surface area (Å²) in [6, 6.07) is 4.23. The smallest absolute Gasteiger partial charge is 0.330 e. The normalized spacial score (nSPS) is 16.6. The van der Waals surface area contributed by atoms with E-state index in [0.717, 1.165) is 12.0 Å². The van der Waals surface area contributed by atoms with Crippen LogP contribution in [0.1, 0.15) is 91.8 Å². The molecule has 0 saturated carbocycles. The van der Waals surface area contributed by atoms with Gasteiger partial charge in [0.05, 0.1) is 13.2 Å². The van der Waals surface area contributed by atoms with Crippen LogP contribution in [0, 0.1) is 5.41 Å². The van der Waals surface area contributed by atoms with E-state index in [0.29, 0.717) is 36.5 Å². The first kappa shape index (κ1) is 27.6. The number of esters is 1. The molecule has 1 aliphatic rings. The Morgan fingerprint density at radius 3 is 2.35 bits per heavy atom. The number of carbonyl (C=O) groups excluding carboxylic acids is 1. The molecule has 0 saturated heterocycles. The fraction of sp³-hybridized carbons (Fsp3) is 0.500. The van der Waals surface area contributed by atoms with Gasteiger partial charge in [-0.15, -0.1) is 0 Å². The van der Waals surface area contributed by atoms with Gasteiger partial charge in [-0.3, -0.25) is 0 Å². The van der Waals surface area contributed by atoms with E-state index in [-0.39, 0.29) is 16.7 Å². The summed E-state index contributed by atoms with van der Waals surface area (Å²) >= 11 is 0. The van der Waals surface area contributed by atoms with Gasteiger partial charge in [0, 0.05) is 11.6 Å². The summed E-state index contributed by atoms with van der Waals surface area (Å²) < 4.78 is 26.5. The largest absolute Gasteiger partial charge is 0.493 e. The second kappa shape index (κ2) is 11.2. The van der Waals surface area contributed by atoms with Gasteiger partial charge in [-0.25, -0.2) is 9.18 Å². The van der Waals surface area contributed by atoms with E-state index in [2.05, 4.69) is 52.8 Å². The molecule has 0 aromatic heterocycles. The maximum atomic E-state index is 15.5. The Morgan fingerprint density at radius 2 is 1.79 bits per heavy atom. The monoisotopic (exact) mass is 468 g/mol. The number of hydrogen-bond donors (Lipinski definition) is 0. The molecule has 0 N–H and O–H groups in total. The maximum absolute atomic E-state index is 15.5. The highest BCUT2D eigenvalue weighted by Gasteiger charge is 2.34. The standard InChI is InChI=1S/C30H41FO3/c1-10-21(26(31)14-13-20(4)17-28(32)34-12-3)22-18-23-24(29(5,6)7)15-16-30(8,9)25(23)19-27(22)33-11-2/h13-15,17-19H,10-12,16H2,1-9H3. The molecule has 0 unspecified atom stereocenters. The SMILES string of the molecule is CCOC(=O)C=C(C)C=CC(F)=C(CC)c1cc2c(cc1OCC)C(C)(C)CC=C2C(C)(C)C. The highest BCUT2D eigenvalue weighted by atomic mass is 19.1. The minimum atomic E-state index is -0.429. The van der Waals surface area contributed by atoms with Crippen molar-refractivity contribution < 1.29 is 18.7 Å². The third-order valence-electron chi connectivity index (χ3n) is 6.16. The average molecular weight is 469 g/mol. The Labute approximate surface area is 205 Å². The van der Waals surface area contributed by atoms with Crippen molar-refractivity contribution in [2.45, 2.75) is 80.6 Å². The van der Waals surface area contributed by atoms with Crippen molar-refractivity contribution in [1.29, 1.82) is 0 Å². The zero-order chi connectivity index (χ0) is 25.7. The number of halogens is 1. The van der Waals surface area contributed by atoms with Crippen LogP contribution in [0.4, 0.5) is 4.39 Å². The van der Waals surface area contributed by atoms with Crippen LogP contribution in [0.25, 0.3) is 11.1 Å². The highest BCUT2D eigenvalue weighted by Crippen LogP contribution is 2.48. The molecule has 0 bridgehead atoms. The molecule has 3 nitrogen and oxygen atoms in total. The van der Waals surface area contributed by atoms with Crippen LogP contribution in [-0.4, -0.2) is 19.2 Å². The Kier molecular flexibility index (Phi) is 9.10. The van der Waals surface area contributed by atoms with E-state index < -0.39 is 5.97 Å². The molecule has 1 aliphatic carbocycles. The van der Waals surface area contributed by atoms with Crippen molar-refractivity contribution in [3.05, 3.63) is 64.5 Å². The first-order valence-electron chi connectivity index (χ1n) is 12.3. The molecular formula is C30H41FO3. The van der Waals surface area contributed by atoms with Crippen LogP contribution < -0.4 is 4.74 Å². The molecule has 2 rings (SSSR count). The number of carbonyl (C=O) groups is 1. The second-order valence-electron chi connectivity index (χ2n) is 10.4. The van der Waals surface area contributed by atoms with Crippen LogP contribution in [0.2, 0.25) is 0 Å². The zero-order valence-electron chi connectivity index (χ0n) is 22.4. The summed E-state index contributed by atoms with van der Waals surface area (Å²) in [5, 5.41) is 0. The Bertz CT molecular complexity index is 1030. The second-order valence-corrected chi connectivity index (χ2v) is 10.4. The fourth-order valence-corrected chi connectivity index (χ4v) is 4.37. The summed E-state index contributed by atoms with van der Waals surface area (Å²) in [4.78, 5) is 11.7.